The first-order valence-corrected chi connectivity index (χ1v) is 4.55. The zero-order valence-electron chi connectivity index (χ0n) is 8.47. The van der Waals surface area contributed by atoms with E-state index in [2.05, 4.69) is 4.98 Å². The maximum atomic E-state index is 10.6. The Labute approximate surface area is 87.7 Å². The normalized spacial score (nSPS) is 9.93. The van der Waals surface area contributed by atoms with Gasteiger partial charge in [0.05, 0.1) is 12.2 Å². The third-order valence-electron chi connectivity index (χ3n) is 1.72. The van der Waals surface area contributed by atoms with Gasteiger partial charge in [0, 0.05) is 32.4 Å². The molecule has 5 heteroatoms. The number of carboxylic acids is 1. The van der Waals surface area contributed by atoms with E-state index in [0.717, 1.165) is 6.42 Å². The second-order valence-electron chi connectivity index (χ2n) is 2.88. The minimum absolute atomic E-state index is 0.173. The average molecular weight is 211 g/mol. The zero-order valence-corrected chi connectivity index (χ0v) is 8.47. The molecule has 0 unspecified atom stereocenters. The van der Waals surface area contributed by atoms with Crippen molar-refractivity contribution < 1.29 is 19.4 Å². The van der Waals surface area contributed by atoms with E-state index in [4.69, 9.17) is 14.6 Å². The van der Waals surface area contributed by atoms with Gasteiger partial charge in [-0.05, 0) is 6.07 Å². The lowest BCUT2D eigenvalue weighted by molar-refractivity contribution is 0.0696. The third kappa shape index (κ3) is 3.95. The number of methoxy groups -OCH3 is 1. The minimum atomic E-state index is -0.987. The molecule has 0 aromatic carbocycles. The molecule has 0 aliphatic heterocycles. The summed E-state index contributed by atoms with van der Waals surface area (Å²) in [5.41, 5.74) is 0.173. The highest BCUT2D eigenvalue weighted by Gasteiger charge is 2.04. The summed E-state index contributed by atoms with van der Waals surface area (Å²) in [6.45, 7) is 1.07. The van der Waals surface area contributed by atoms with Crippen LogP contribution in [0.4, 0.5) is 0 Å². The Morgan fingerprint density at radius 3 is 3.00 bits per heavy atom. The van der Waals surface area contributed by atoms with E-state index < -0.39 is 5.97 Å². The maximum Gasteiger partial charge on any atom is 0.335 e. The van der Waals surface area contributed by atoms with Crippen molar-refractivity contribution in [2.24, 2.45) is 0 Å². The van der Waals surface area contributed by atoms with Crippen LogP contribution < -0.4 is 4.74 Å². The Morgan fingerprint density at radius 2 is 2.33 bits per heavy atom. The van der Waals surface area contributed by atoms with Crippen LogP contribution in [0.5, 0.6) is 5.88 Å². The fourth-order valence-electron chi connectivity index (χ4n) is 1.00. The second-order valence-corrected chi connectivity index (χ2v) is 2.88. The number of nitrogens with zero attached hydrogens (tertiary/aromatic N) is 1. The van der Waals surface area contributed by atoms with Gasteiger partial charge in [-0.2, -0.15) is 0 Å². The fraction of sp³-hybridized carbons (Fsp3) is 0.400. The van der Waals surface area contributed by atoms with Gasteiger partial charge in [0.1, 0.15) is 0 Å². The first kappa shape index (κ1) is 11.5. The van der Waals surface area contributed by atoms with E-state index in [1.54, 1.807) is 7.11 Å². The largest absolute Gasteiger partial charge is 0.478 e. The average Bonchev–Trinajstić information content (AvgIpc) is 2.25. The molecule has 15 heavy (non-hydrogen) atoms. The van der Waals surface area contributed by atoms with E-state index >= 15 is 0 Å². The first-order chi connectivity index (χ1) is 7.24. The van der Waals surface area contributed by atoms with Gasteiger partial charge >= 0.3 is 5.97 Å². The number of aromatic nitrogens is 1. The van der Waals surface area contributed by atoms with Crippen molar-refractivity contribution in [2.75, 3.05) is 20.3 Å². The SMILES string of the molecule is COCCCOc1cc(C(=O)O)ccn1. The summed E-state index contributed by atoms with van der Waals surface area (Å²) in [6, 6.07) is 2.82. The van der Waals surface area contributed by atoms with Crippen LogP contribution >= 0.6 is 0 Å². The molecular weight excluding hydrogens is 198 g/mol. The van der Waals surface area contributed by atoms with Crippen LogP contribution in [0.3, 0.4) is 0 Å². The lowest BCUT2D eigenvalue weighted by Crippen LogP contribution is -2.04. The van der Waals surface area contributed by atoms with Crippen LogP contribution in [0, 0.1) is 0 Å². The van der Waals surface area contributed by atoms with Crippen LogP contribution in [-0.4, -0.2) is 36.4 Å². The monoisotopic (exact) mass is 211 g/mol. The minimum Gasteiger partial charge on any atom is -0.478 e. The summed E-state index contributed by atoms with van der Waals surface area (Å²) < 4.78 is 10.1. The fourth-order valence-corrected chi connectivity index (χ4v) is 1.00. The molecule has 0 fully saturated rings. The Balaban J connectivity index is 2.47. The molecule has 0 aliphatic carbocycles. The van der Waals surface area contributed by atoms with Crippen molar-refractivity contribution in [3.05, 3.63) is 23.9 Å². The molecule has 1 N–H and O–H groups in total. The first-order valence-electron chi connectivity index (χ1n) is 4.55. The zero-order chi connectivity index (χ0) is 11.1. The third-order valence-corrected chi connectivity index (χ3v) is 1.72. The number of aromatic carboxylic acids is 1. The summed E-state index contributed by atoms with van der Waals surface area (Å²) >= 11 is 0. The van der Waals surface area contributed by atoms with Gasteiger partial charge in [-0.15, -0.1) is 0 Å². The van der Waals surface area contributed by atoms with Gasteiger partial charge < -0.3 is 14.6 Å². The number of pyridine rings is 1. The smallest absolute Gasteiger partial charge is 0.335 e. The Bertz CT molecular complexity index is 327. The summed E-state index contributed by atoms with van der Waals surface area (Å²) in [4.78, 5) is 14.5. The van der Waals surface area contributed by atoms with E-state index in [0.29, 0.717) is 19.1 Å². The highest BCUT2D eigenvalue weighted by Crippen LogP contribution is 2.09. The number of hydrogen-bond acceptors (Lipinski definition) is 4. The van der Waals surface area contributed by atoms with Crippen LogP contribution in [0.2, 0.25) is 0 Å². The number of hydrogen-bond donors (Lipinski definition) is 1. The van der Waals surface area contributed by atoms with Crippen LogP contribution in [0.25, 0.3) is 0 Å². The number of carbonyl (C=O) groups is 1. The molecule has 0 atom stereocenters. The van der Waals surface area contributed by atoms with Gasteiger partial charge in [0.25, 0.3) is 0 Å². The summed E-state index contributed by atoms with van der Waals surface area (Å²) in [5.74, 6) is -0.662. The van der Waals surface area contributed by atoms with Crippen molar-refractivity contribution in [3.8, 4) is 5.88 Å². The molecule has 1 rings (SSSR count). The number of carboxylic acid groups (broad SMARTS) is 1. The van der Waals surface area contributed by atoms with Crippen LogP contribution in [-0.2, 0) is 4.74 Å². The van der Waals surface area contributed by atoms with E-state index in [1.807, 2.05) is 0 Å². The number of rotatable bonds is 6. The molecule has 5 nitrogen and oxygen atoms in total. The van der Waals surface area contributed by atoms with E-state index in [1.165, 1.54) is 18.3 Å². The van der Waals surface area contributed by atoms with Crippen molar-refractivity contribution in [2.45, 2.75) is 6.42 Å². The Hall–Kier alpha value is -1.62. The van der Waals surface area contributed by atoms with Crippen molar-refractivity contribution in [1.82, 2.24) is 4.98 Å². The van der Waals surface area contributed by atoms with Gasteiger partial charge in [0.2, 0.25) is 5.88 Å². The van der Waals surface area contributed by atoms with E-state index in [-0.39, 0.29) is 5.56 Å². The van der Waals surface area contributed by atoms with Gasteiger partial charge in [-0.25, -0.2) is 9.78 Å². The van der Waals surface area contributed by atoms with Gasteiger partial charge in [-0.3, -0.25) is 0 Å². The van der Waals surface area contributed by atoms with Gasteiger partial charge in [0.15, 0.2) is 0 Å². The van der Waals surface area contributed by atoms with Gasteiger partial charge in [-0.1, -0.05) is 0 Å². The van der Waals surface area contributed by atoms with Crippen molar-refractivity contribution in [3.63, 3.8) is 0 Å². The summed E-state index contributed by atoms with van der Waals surface area (Å²) in [6.07, 6.45) is 2.16. The molecule has 0 radical (unpaired) electrons. The Morgan fingerprint density at radius 1 is 1.53 bits per heavy atom. The standard InChI is InChI=1S/C10H13NO4/c1-14-5-2-6-15-9-7-8(10(12)13)3-4-11-9/h3-4,7H,2,5-6H2,1H3,(H,12,13). The molecule has 1 aromatic rings. The molecular formula is C10H13NO4. The second kappa shape index (κ2) is 5.98. The lowest BCUT2D eigenvalue weighted by Gasteiger charge is -2.04. The molecule has 1 aromatic heterocycles. The molecule has 0 spiro atoms. The predicted octanol–water partition coefficient (Wildman–Crippen LogP) is 1.20. The highest BCUT2D eigenvalue weighted by atomic mass is 16.5. The van der Waals surface area contributed by atoms with Crippen LogP contribution in [0.1, 0.15) is 16.8 Å². The molecule has 0 saturated carbocycles. The van der Waals surface area contributed by atoms with Crippen molar-refractivity contribution in [1.29, 1.82) is 0 Å². The molecule has 0 saturated heterocycles. The molecule has 1 heterocycles. The summed E-state index contributed by atoms with van der Waals surface area (Å²) in [5, 5.41) is 8.72. The topological polar surface area (TPSA) is 68.7 Å². The van der Waals surface area contributed by atoms with E-state index in [9.17, 15) is 4.79 Å². The van der Waals surface area contributed by atoms with Crippen molar-refractivity contribution >= 4 is 5.97 Å². The molecule has 0 bridgehead atoms. The quantitative estimate of drug-likeness (QED) is 0.716. The van der Waals surface area contributed by atoms with Crippen LogP contribution in [0.15, 0.2) is 18.3 Å². The highest BCUT2D eigenvalue weighted by molar-refractivity contribution is 5.87. The number of ether oxygens (including phenoxy) is 2. The Kier molecular flexibility index (Phi) is 4.56. The summed E-state index contributed by atoms with van der Waals surface area (Å²) in [7, 11) is 1.61. The lowest BCUT2D eigenvalue weighted by atomic mass is 10.3. The molecule has 0 aliphatic rings. The molecule has 0 amide bonds. The molecule has 82 valence electrons. The maximum absolute atomic E-state index is 10.6. The predicted molar refractivity (Wildman–Crippen MR) is 53.2 cm³/mol.